The van der Waals surface area contributed by atoms with Gasteiger partial charge in [-0.15, -0.1) is 0 Å². The van der Waals surface area contributed by atoms with E-state index in [-0.39, 0.29) is 10.8 Å². The summed E-state index contributed by atoms with van der Waals surface area (Å²) in [7, 11) is 0. The fourth-order valence-electron chi connectivity index (χ4n) is 3.22. The number of aromatic nitrogens is 3. The minimum absolute atomic E-state index is 0.0205. The maximum atomic E-state index is 4.84. The van der Waals surface area contributed by atoms with Crippen molar-refractivity contribution in [3.63, 3.8) is 0 Å². The van der Waals surface area contributed by atoms with E-state index in [1.807, 2.05) is 12.1 Å². The molecule has 3 nitrogen and oxygen atoms in total. The van der Waals surface area contributed by atoms with Crippen LogP contribution >= 0.6 is 0 Å². The molecule has 3 aromatic rings. The predicted molar refractivity (Wildman–Crippen MR) is 108 cm³/mol. The van der Waals surface area contributed by atoms with Gasteiger partial charge in [-0.1, -0.05) is 90.1 Å². The molecule has 0 fully saturated rings. The number of hydrogen-bond acceptors (Lipinski definition) is 3. The van der Waals surface area contributed by atoms with Crippen molar-refractivity contribution in [2.45, 2.75) is 52.4 Å². The molecular formula is C23H27N3. The zero-order valence-electron chi connectivity index (χ0n) is 16.5. The Morgan fingerprint density at radius 1 is 0.577 bits per heavy atom. The maximum Gasteiger partial charge on any atom is 0.163 e. The van der Waals surface area contributed by atoms with Crippen LogP contribution in [0, 0.1) is 0 Å². The molecule has 2 aromatic carbocycles. The lowest BCUT2D eigenvalue weighted by molar-refractivity contribution is 0.591. The second-order valence-electron chi connectivity index (χ2n) is 8.72. The van der Waals surface area contributed by atoms with Gasteiger partial charge >= 0.3 is 0 Å². The van der Waals surface area contributed by atoms with E-state index in [2.05, 4.69) is 87.9 Å². The second kappa shape index (κ2) is 6.64. The van der Waals surface area contributed by atoms with Gasteiger partial charge in [0.2, 0.25) is 0 Å². The Balaban J connectivity index is 2.16. The van der Waals surface area contributed by atoms with Crippen LogP contribution in [0.25, 0.3) is 22.8 Å². The van der Waals surface area contributed by atoms with E-state index in [1.54, 1.807) is 6.33 Å². The van der Waals surface area contributed by atoms with Gasteiger partial charge in [0.1, 0.15) is 6.33 Å². The molecule has 0 saturated heterocycles. The summed E-state index contributed by atoms with van der Waals surface area (Å²) in [6.07, 6.45) is 1.62. The smallest absolute Gasteiger partial charge is 0.163 e. The van der Waals surface area contributed by atoms with Crippen molar-refractivity contribution in [3.8, 4) is 22.8 Å². The Kier molecular flexibility index (Phi) is 4.66. The first-order valence-corrected chi connectivity index (χ1v) is 9.07. The molecule has 1 heterocycles. The van der Waals surface area contributed by atoms with Gasteiger partial charge in [0, 0.05) is 11.1 Å². The molecule has 26 heavy (non-hydrogen) atoms. The lowest BCUT2D eigenvalue weighted by atomic mass is 9.83. The second-order valence-corrected chi connectivity index (χ2v) is 8.72. The Labute approximate surface area is 156 Å². The highest BCUT2D eigenvalue weighted by molar-refractivity contribution is 5.67. The van der Waals surface area contributed by atoms with Crippen molar-refractivity contribution in [2.75, 3.05) is 0 Å². The summed E-state index contributed by atoms with van der Waals surface area (Å²) < 4.78 is 0. The highest BCUT2D eigenvalue weighted by Crippen LogP contribution is 2.34. The summed E-state index contributed by atoms with van der Waals surface area (Å²) in [6, 6.07) is 16.7. The maximum absolute atomic E-state index is 4.84. The Morgan fingerprint density at radius 2 is 0.962 bits per heavy atom. The van der Waals surface area contributed by atoms with Gasteiger partial charge in [0.05, 0.1) is 0 Å². The van der Waals surface area contributed by atoms with Crippen LogP contribution in [0.3, 0.4) is 0 Å². The van der Waals surface area contributed by atoms with Crippen molar-refractivity contribution >= 4 is 0 Å². The Morgan fingerprint density at radius 3 is 1.35 bits per heavy atom. The third-order valence-corrected chi connectivity index (χ3v) is 4.52. The van der Waals surface area contributed by atoms with Crippen molar-refractivity contribution in [3.05, 3.63) is 66.0 Å². The SMILES string of the molecule is CC(C)(C)c1ccccc1-c1ncnc(-c2ccccc2C(C)(C)C)n1. The number of benzene rings is 2. The summed E-state index contributed by atoms with van der Waals surface area (Å²) in [5.74, 6) is 1.45. The van der Waals surface area contributed by atoms with Crippen molar-refractivity contribution in [2.24, 2.45) is 0 Å². The molecule has 3 heteroatoms. The molecule has 0 saturated carbocycles. The zero-order chi connectivity index (χ0) is 18.9. The van der Waals surface area contributed by atoms with Gasteiger partial charge in [0.15, 0.2) is 11.6 Å². The third-order valence-electron chi connectivity index (χ3n) is 4.52. The average molecular weight is 345 g/mol. The van der Waals surface area contributed by atoms with Crippen molar-refractivity contribution in [1.29, 1.82) is 0 Å². The molecule has 0 aliphatic heterocycles. The fraction of sp³-hybridized carbons (Fsp3) is 0.348. The van der Waals surface area contributed by atoms with E-state index in [4.69, 9.17) is 4.98 Å². The summed E-state index contributed by atoms with van der Waals surface area (Å²) >= 11 is 0. The standard InChI is InChI=1S/C23H27N3/c1-22(2,3)18-13-9-7-11-16(18)20-24-15-25-21(26-20)17-12-8-10-14-19(17)23(4,5)6/h7-15H,1-6H3. The van der Waals surface area contributed by atoms with Crippen molar-refractivity contribution in [1.82, 2.24) is 15.0 Å². The summed E-state index contributed by atoms with van der Waals surface area (Å²) in [5, 5.41) is 0. The molecule has 0 bridgehead atoms. The van der Waals surface area contributed by atoms with Gasteiger partial charge in [-0.2, -0.15) is 0 Å². The van der Waals surface area contributed by atoms with Crippen LogP contribution in [0.5, 0.6) is 0 Å². The molecule has 0 N–H and O–H groups in total. The van der Waals surface area contributed by atoms with Crippen LogP contribution in [-0.2, 0) is 10.8 Å². The van der Waals surface area contributed by atoms with Crippen LogP contribution in [0.2, 0.25) is 0 Å². The molecule has 1 aromatic heterocycles. The van der Waals surface area contributed by atoms with Crippen LogP contribution in [0.1, 0.15) is 52.7 Å². The normalized spacial score (nSPS) is 12.2. The van der Waals surface area contributed by atoms with E-state index in [0.717, 1.165) is 22.8 Å². The summed E-state index contributed by atoms with van der Waals surface area (Å²) in [6.45, 7) is 13.3. The molecule has 0 radical (unpaired) electrons. The lowest BCUT2D eigenvalue weighted by Crippen LogP contribution is -2.14. The molecule has 3 rings (SSSR count). The summed E-state index contributed by atoms with van der Waals surface area (Å²) in [4.78, 5) is 13.8. The fourth-order valence-corrected chi connectivity index (χ4v) is 3.22. The lowest BCUT2D eigenvalue weighted by Gasteiger charge is -2.23. The summed E-state index contributed by atoms with van der Waals surface area (Å²) in [5.41, 5.74) is 4.65. The molecule has 0 unspecified atom stereocenters. The molecule has 0 spiro atoms. The van der Waals surface area contributed by atoms with E-state index >= 15 is 0 Å². The number of nitrogens with zero attached hydrogens (tertiary/aromatic N) is 3. The van der Waals surface area contributed by atoms with Crippen LogP contribution in [0.4, 0.5) is 0 Å². The first kappa shape index (κ1) is 18.2. The van der Waals surface area contributed by atoms with Crippen molar-refractivity contribution < 1.29 is 0 Å². The zero-order valence-corrected chi connectivity index (χ0v) is 16.5. The molecule has 0 aliphatic rings. The van der Waals surface area contributed by atoms with Crippen LogP contribution in [0.15, 0.2) is 54.9 Å². The van der Waals surface area contributed by atoms with Gasteiger partial charge in [-0.05, 0) is 22.0 Å². The van der Waals surface area contributed by atoms with E-state index < -0.39 is 0 Å². The molecular weight excluding hydrogens is 318 g/mol. The molecule has 0 amide bonds. The highest BCUT2D eigenvalue weighted by Gasteiger charge is 2.22. The van der Waals surface area contributed by atoms with Gasteiger partial charge in [-0.25, -0.2) is 15.0 Å². The topological polar surface area (TPSA) is 38.7 Å². The number of hydrogen-bond donors (Lipinski definition) is 0. The first-order chi connectivity index (χ1) is 12.2. The predicted octanol–water partition coefficient (Wildman–Crippen LogP) is 5.80. The van der Waals surface area contributed by atoms with Crippen LogP contribution < -0.4 is 0 Å². The number of rotatable bonds is 2. The van der Waals surface area contributed by atoms with Gasteiger partial charge in [0.25, 0.3) is 0 Å². The quantitative estimate of drug-likeness (QED) is 0.589. The minimum Gasteiger partial charge on any atom is -0.216 e. The highest BCUT2D eigenvalue weighted by atomic mass is 15.0. The van der Waals surface area contributed by atoms with E-state index in [0.29, 0.717) is 0 Å². The van der Waals surface area contributed by atoms with Crippen LogP contribution in [-0.4, -0.2) is 15.0 Å². The third kappa shape index (κ3) is 3.67. The average Bonchev–Trinajstić information content (AvgIpc) is 2.60. The minimum atomic E-state index is 0.0205. The Bertz CT molecular complexity index is 842. The van der Waals surface area contributed by atoms with E-state index in [1.165, 1.54) is 11.1 Å². The largest absolute Gasteiger partial charge is 0.216 e. The Hall–Kier alpha value is -2.55. The first-order valence-electron chi connectivity index (χ1n) is 9.07. The monoisotopic (exact) mass is 345 g/mol. The molecule has 134 valence electrons. The molecule has 0 aliphatic carbocycles. The van der Waals surface area contributed by atoms with E-state index in [9.17, 15) is 0 Å². The molecule has 0 atom stereocenters. The van der Waals surface area contributed by atoms with Gasteiger partial charge in [-0.3, -0.25) is 0 Å². The van der Waals surface area contributed by atoms with Gasteiger partial charge < -0.3 is 0 Å².